The van der Waals surface area contributed by atoms with Crippen LogP contribution in [-0.2, 0) is 10.0 Å². The van der Waals surface area contributed by atoms with E-state index in [1.54, 1.807) is 7.11 Å². The van der Waals surface area contributed by atoms with Crippen LogP contribution in [0.25, 0.3) is 10.9 Å². The highest BCUT2D eigenvalue weighted by atomic mass is 32.2. The Bertz CT molecular complexity index is 1160. The number of aromatic nitrogens is 2. The zero-order valence-corrected chi connectivity index (χ0v) is 19.2. The summed E-state index contributed by atoms with van der Waals surface area (Å²) in [6.07, 6.45) is 4.97. The van der Waals surface area contributed by atoms with Crippen LogP contribution in [0.4, 0.5) is 17.5 Å². The second kappa shape index (κ2) is 9.70. The van der Waals surface area contributed by atoms with Gasteiger partial charge in [0.2, 0.25) is 16.0 Å². The lowest BCUT2D eigenvalue weighted by Gasteiger charge is -2.29. The highest BCUT2D eigenvalue weighted by molar-refractivity contribution is 7.88. The Balaban J connectivity index is 1.53. The SMILES string of the molecule is COc1cccc2c(Nc3ccccc3)nc(N[C@H]3CC[C@H](CNS(C)(=O)=O)CC3)nc12. The van der Waals surface area contributed by atoms with E-state index < -0.39 is 10.0 Å². The summed E-state index contributed by atoms with van der Waals surface area (Å²) >= 11 is 0. The minimum absolute atomic E-state index is 0.237. The van der Waals surface area contributed by atoms with E-state index in [4.69, 9.17) is 14.7 Å². The molecule has 0 radical (unpaired) electrons. The summed E-state index contributed by atoms with van der Waals surface area (Å²) in [7, 11) is -1.51. The van der Waals surface area contributed by atoms with E-state index in [1.165, 1.54) is 6.26 Å². The topological polar surface area (TPSA) is 105 Å². The van der Waals surface area contributed by atoms with Crippen molar-refractivity contribution in [3.63, 3.8) is 0 Å². The first-order valence-electron chi connectivity index (χ1n) is 10.8. The lowest BCUT2D eigenvalue weighted by molar-refractivity contribution is 0.337. The summed E-state index contributed by atoms with van der Waals surface area (Å²) in [6.45, 7) is 0.500. The van der Waals surface area contributed by atoms with Crippen LogP contribution in [0.15, 0.2) is 48.5 Å². The summed E-state index contributed by atoms with van der Waals surface area (Å²) in [5.74, 6) is 2.32. The summed E-state index contributed by atoms with van der Waals surface area (Å²) in [5.41, 5.74) is 1.69. The maximum atomic E-state index is 11.3. The molecule has 3 aromatic rings. The van der Waals surface area contributed by atoms with Gasteiger partial charge in [-0.15, -0.1) is 0 Å². The first-order chi connectivity index (χ1) is 15.4. The quantitative estimate of drug-likeness (QED) is 0.473. The Labute approximate surface area is 188 Å². The van der Waals surface area contributed by atoms with Crippen LogP contribution in [0, 0.1) is 5.92 Å². The van der Waals surface area contributed by atoms with Crippen molar-refractivity contribution in [3.8, 4) is 5.75 Å². The molecule has 0 bridgehead atoms. The van der Waals surface area contributed by atoms with Gasteiger partial charge in [-0.3, -0.25) is 0 Å². The maximum Gasteiger partial charge on any atom is 0.225 e. The zero-order chi connectivity index (χ0) is 22.6. The molecule has 0 saturated heterocycles. The Morgan fingerprint density at radius 1 is 1.00 bits per heavy atom. The third-order valence-corrected chi connectivity index (χ3v) is 6.45. The minimum Gasteiger partial charge on any atom is -0.494 e. The predicted molar refractivity (Wildman–Crippen MR) is 128 cm³/mol. The van der Waals surface area contributed by atoms with Crippen LogP contribution in [-0.4, -0.2) is 44.3 Å². The van der Waals surface area contributed by atoms with Gasteiger partial charge in [0.1, 0.15) is 17.1 Å². The molecule has 1 heterocycles. The highest BCUT2D eigenvalue weighted by Crippen LogP contribution is 2.32. The van der Waals surface area contributed by atoms with Crippen LogP contribution in [0.5, 0.6) is 5.75 Å². The first kappa shape index (κ1) is 22.3. The van der Waals surface area contributed by atoms with Gasteiger partial charge in [0, 0.05) is 23.7 Å². The van der Waals surface area contributed by atoms with E-state index in [9.17, 15) is 8.42 Å². The number of sulfonamides is 1. The number of benzene rings is 2. The zero-order valence-electron chi connectivity index (χ0n) is 18.3. The van der Waals surface area contributed by atoms with Crippen molar-refractivity contribution in [2.24, 2.45) is 5.92 Å². The molecule has 1 saturated carbocycles. The molecule has 1 aromatic heterocycles. The van der Waals surface area contributed by atoms with Gasteiger partial charge in [-0.2, -0.15) is 4.98 Å². The standard InChI is InChI=1S/C23H29N5O3S/c1-31-20-10-6-9-19-21(20)27-23(28-22(19)25-17-7-4-3-5-8-17)26-18-13-11-16(12-14-18)15-24-32(2,29)30/h3-10,16,18,24H,11-15H2,1-2H3,(H2,25,26,27,28)/t16-,18-. The largest absolute Gasteiger partial charge is 0.494 e. The van der Waals surface area contributed by atoms with Gasteiger partial charge in [-0.25, -0.2) is 18.1 Å². The molecule has 170 valence electrons. The number of ether oxygens (including phenoxy) is 1. The summed E-state index contributed by atoms with van der Waals surface area (Å²) in [4.78, 5) is 9.52. The molecule has 4 rings (SSSR count). The third-order valence-electron chi connectivity index (χ3n) is 5.76. The van der Waals surface area contributed by atoms with Crippen molar-refractivity contribution in [2.75, 3.05) is 30.5 Å². The average molecular weight is 456 g/mol. The van der Waals surface area contributed by atoms with Crippen LogP contribution in [0.2, 0.25) is 0 Å². The van der Waals surface area contributed by atoms with Gasteiger partial charge in [0.25, 0.3) is 0 Å². The van der Waals surface area contributed by atoms with Crippen molar-refractivity contribution in [3.05, 3.63) is 48.5 Å². The van der Waals surface area contributed by atoms with Crippen LogP contribution >= 0.6 is 0 Å². The minimum atomic E-state index is -3.15. The molecule has 0 aliphatic heterocycles. The van der Waals surface area contributed by atoms with E-state index in [2.05, 4.69) is 15.4 Å². The number of methoxy groups -OCH3 is 1. The van der Waals surface area contributed by atoms with Crippen LogP contribution in [0.3, 0.4) is 0 Å². The molecule has 9 heteroatoms. The van der Waals surface area contributed by atoms with Gasteiger partial charge in [-0.05, 0) is 55.9 Å². The smallest absolute Gasteiger partial charge is 0.225 e. The Morgan fingerprint density at radius 2 is 1.75 bits per heavy atom. The molecular formula is C23H29N5O3S. The molecule has 0 amide bonds. The monoisotopic (exact) mass is 455 g/mol. The molecule has 1 fully saturated rings. The third kappa shape index (κ3) is 5.66. The van der Waals surface area contributed by atoms with Crippen molar-refractivity contribution < 1.29 is 13.2 Å². The van der Waals surface area contributed by atoms with Gasteiger partial charge < -0.3 is 15.4 Å². The fraction of sp³-hybridized carbons (Fsp3) is 0.391. The number of hydrogen-bond acceptors (Lipinski definition) is 7. The molecule has 8 nitrogen and oxygen atoms in total. The maximum absolute atomic E-state index is 11.3. The molecule has 1 aliphatic carbocycles. The van der Waals surface area contributed by atoms with Crippen molar-refractivity contribution in [1.29, 1.82) is 0 Å². The van der Waals surface area contributed by atoms with Gasteiger partial charge >= 0.3 is 0 Å². The number of nitrogens with zero attached hydrogens (tertiary/aromatic N) is 2. The molecule has 2 aromatic carbocycles. The predicted octanol–water partition coefficient (Wildman–Crippen LogP) is 3.90. The lowest BCUT2D eigenvalue weighted by atomic mass is 9.86. The average Bonchev–Trinajstić information content (AvgIpc) is 2.78. The molecular weight excluding hydrogens is 426 g/mol. The Kier molecular flexibility index (Phi) is 6.76. The van der Waals surface area contributed by atoms with Gasteiger partial charge in [-0.1, -0.05) is 24.3 Å². The first-order valence-corrected chi connectivity index (χ1v) is 12.7. The lowest BCUT2D eigenvalue weighted by Crippen LogP contribution is -2.33. The molecule has 0 spiro atoms. The number of anilines is 3. The fourth-order valence-corrected chi connectivity index (χ4v) is 4.61. The van der Waals surface area contributed by atoms with Gasteiger partial charge in [0.15, 0.2) is 0 Å². The van der Waals surface area contributed by atoms with E-state index in [0.717, 1.165) is 42.3 Å². The van der Waals surface area contributed by atoms with Crippen molar-refractivity contribution >= 4 is 38.4 Å². The fourth-order valence-electron chi connectivity index (χ4n) is 4.07. The van der Waals surface area contributed by atoms with Crippen molar-refractivity contribution in [1.82, 2.24) is 14.7 Å². The molecule has 3 N–H and O–H groups in total. The second-order valence-electron chi connectivity index (χ2n) is 8.23. The van der Waals surface area contributed by atoms with E-state index in [-0.39, 0.29) is 6.04 Å². The molecule has 0 unspecified atom stereocenters. The van der Waals surface area contributed by atoms with E-state index >= 15 is 0 Å². The summed E-state index contributed by atoms with van der Waals surface area (Å²) in [6, 6.07) is 15.9. The number of nitrogens with one attached hydrogen (secondary N) is 3. The number of hydrogen-bond donors (Lipinski definition) is 3. The van der Waals surface area contributed by atoms with E-state index in [0.29, 0.717) is 30.0 Å². The number of rotatable bonds is 8. The number of fused-ring (bicyclic) bond motifs is 1. The van der Waals surface area contributed by atoms with Crippen molar-refractivity contribution in [2.45, 2.75) is 31.7 Å². The number of para-hydroxylation sites is 2. The summed E-state index contributed by atoms with van der Waals surface area (Å²) < 4.78 is 30.9. The van der Waals surface area contributed by atoms with E-state index in [1.807, 2.05) is 48.5 Å². The second-order valence-corrected chi connectivity index (χ2v) is 10.1. The Morgan fingerprint density at radius 3 is 2.44 bits per heavy atom. The molecule has 1 aliphatic rings. The molecule has 0 atom stereocenters. The Hall–Kier alpha value is -2.91. The van der Waals surface area contributed by atoms with Crippen LogP contribution in [0.1, 0.15) is 25.7 Å². The normalized spacial score (nSPS) is 18.9. The highest BCUT2D eigenvalue weighted by Gasteiger charge is 2.23. The molecule has 32 heavy (non-hydrogen) atoms. The van der Waals surface area contributed by atoms with Gasteiger partial charge in [0.05, 0.1) is 13.4 Å². The van der Waals surface area contributed by atoms with Crippen LogP contribution < -0.4 is 20.1 Å². The summed E-state index contributed by atoms with van der Waals surface area (Å²) in [5, 5.41) is 7.77.